The molecule has 1 saturated carbocycles. The summed E-state index contributed by atoms with van der Waals surface area (Å²) in [5.74, 6) is 1.32. The zero-order chi connectivity index (χ0) is 13.9. The number of carbonyl (C=O) groups is 1. The van der Waals surface area contributed by atoms with E-state index in [1.165, 1.54) is 19.2 Å². The smallest absolute Gasteiger partial charge is 0.237 e. The van der Waals surface area contributed by atoms with Gasteiger partial charge in [0.25, 0.3) is 0 Å². The predicted molar refractivity (Wildman–Crippen MR) is 75.0 cm³/mol. The maximum atomic E-state index is 11.5. The Bertz CT molecular complexity index is 495. The first-order chi connectivity index (χ1) is 9.74. The van der Waals surface area contributed by atoms with Gasteiger partial charge < -0.3 is 15.0 Å². The van der Waals surface area contributed by atoms with E-state index in [1.54, 1.807) is 4.90 Å². The molecule has 1 aliphatic carbocycles. The van der Waals surface area contributed by atoms with Crippen molar-refractivity contribution in [2.75, 3.05) is 24.3 Å². The number of ether oxygens (including phenoxy) is 1. The lowest BCUT2D eigenvalue weighted by Crippen LogP contribution is -2.31. The van der Waals surface area contributed by atoms with E-state index in [1.807, 2.05) is 6.07 Å². The van der Waals surface area contributed by atoms with Crippen LogP contribution in [0.15, 0.2) is 12.4 Å². The third kappa shape index (κ3) is 3.30. The number of aromatic nitrogens is 2. The molecule has 0 unspecified atom stereocenters. The normalized spacial score (nSPS) is 21.9. The van der Waals surface area contributed by atoms with Crippen LogP contribution in [-0.2, 0) is 4.79 Å². The quantitative estimate of drug-likeness (QED) is 0.829. The maximum absolute atomic E-state index is 11.5. The van der Waals surface area contributed by atoms with Crippen LogP contribution in [0.5, 0.6) is 5.88 Å². The summed E-state index contributed by atoms with van der Waals surface area (Å²) in [5, 5.41) is 3.30. The lowest BCUT2D eigenvalue weighted by atomic mass is 10.3. The fraction of sp³-hybridized carbons (Fsp3) is 0.615. The molecule has 1 amide bonds. The summed E-state index contributed by atoms with van der Waals surface area (Å²) in [6, 6.07) is 2.35. The number of likely N-dealkylation sites (tertiary alicyclic amines) is 1. The Morgan fingerprint density at radius 3 is 3.05 bits per heavy atom. The van der Waals surface area contributed by atoms with Gasteiger partial charge in [-0.3, -0.25) is 4.79 Å². The van der Waals surface area contributed by atoms with Crippen LogP contribution in [-0.4, -0.2) is 51.9 Å². The highest BCUT2D eigenvalue weighted by Gasteiger charge is 2.27. The van der Waals surface area contributed by atoms with Gasteiger partial charge in [-0.15, -0.1) is 11.6 Å². The predicted octanol–water partition coefficient (Wildman–Crippen LogP) is 1.27. The molecule has 108 valence electrons. The highest BCUT2D eigenvalue weighted by atomic mass is 35.5. The summed E-state index contributed by atoms with van der Waals surface area (Å²) >= 11 is 5.55. The first-order valence-electron chi connectivity index (χ1n) is 6.83. The molecule has 3 rings (SSSR count). The molecule has 1 atom stereocenters. The van der Waals surface area contributed by atoms with E-state index in [-0.39, 0.29) is 17.9 Å². The third-order valence-corrected chi connectivity index (χ3v) is 3.70. The van der Waals surface area contributed by atoms with Gasteiger partial charge in [0.1, 0.15) is 24.1 Å². The molecule has 1 aromatic heterocycles. The molecule has 0 aromatic carbocycles. The van der Waals surface area contributed by atoms with Crippen LogP contribution < -0.4 is 10.1 Å². The van der Waals surface area contributed by atoms with Crippen molar-refractivity contribution < 1.29 is 9.53 Å². The summed E-state index contributed by atoms with van der Waals surface area (Å²) in [6.07, 6.45) is 4.66. The van der Waals surface area contributed by atoms with E-state index in [0.717, 1.165) is 12.2 Å². The summed E-state index contributed by atoms with van der Waals surface area (Å²) in [5.41, 5.74) is 0. The van der Waals surface area contributed by atoms with E-state index in [2.05, 4.69) is 15.3 Å². The Morgan fingerprint density at radius 1 is 1.45 bits per heavy atom. The lowest BCUT2D eigenvalue weighted by molar-refractivity contribution is -0.127. The topological polar surface area (TPSA) is 67.3 Å². The molecule has 1 N–H and O–H groups in total. The Balaban J connectivity index is 1.56. The van der Waals surface area contributed by atoms with Gasteiger partial charge in [0.15, 0.2) is 0 Å². The van der Waals surface area contributed by atoms with Gasteiger partial charge >= 0.3 is 0 Å². The Labute approximate surface area is 122 Å². The van der Waals surface area contributed by atoms with Crippen molar-refractivity contribution in [1.82, 2.24) is 14.9 Å². The van der Waals surface area contributed by atoms with Crippen LogP contribution in [0.4, 0.5) is 5.82 Å². The maximum Gasteiger partial charge on any atom is 0.237 e. The van der Waals surface area contributed by atoms with Crippen molar-refractivity contribution in [3.63, 3.8) is 0 Å². The van der Waals surface area contributed by atoms with Crippen LogP contribution in [0.2, 0.25) is 0 Å². The fourth-order valence-corrected chi connectivity index (χ4v) is 2.39. The zero-order valence-electron chi connectivity index (χ0n) is 11.1. The molecule has 0 bridgehead atoms. The molecule has 2 heterocycles. The summed E-state index contributed by atoms with van der Waals surface area (Å²) in [7, 11) is 0. The number of rotatable bonds is 5. The van der Waals surface area contributed by atoms with E-state index in [0.29, 0.717) is 25.0 Å². The van der Waals surface area contributed by atoms with Crippen LogP contribution in [0.1, 0.15) is 19.3 Å². The number of hydrogen-bond donors (Lipinski definition) is 1. The SMILES string of the molecule is O=C(CCl)N1CC[C@@H](Oc2cc(NC3CC3)ncn2)C1. The highest BCUT2D eigenvalue weighted by molar-refractivity contribution is 6.27. The second-order valence-corrected chi connectivity index (χ2v) is 5.43. The molecular weight excluding hydrogens is 280 g/mol. The second-order valence-electron chi connectivity index (χ2n) is 5.16. The number of carbonyl (C=O) groups excluding carboxylic acids is 1. The number of nitrogens with zero attached hydrogens (tertiary/aromatic N) is 3. The van der Waals surface area contributed by atoms with Crippen molar-refractivity contribution in [1.29, 1.82) is 0 Å². The molecular formula is C13H17ClN4O2. The summed E-state index contributed by atoms with van der Waals surface area (Å²) in [4.78, 5) is 21.5. The van der Waals surface area contributed by atoms with Crippen LogP contribution >= 0.6 is 11.6 Å². The van der Waals surface area contributed by atoms with E-state index >= 15 is 0 Å². The summed E-state index contributed by atoms with van der Waals surface area (Å²) < 4.78 is 5.81. The first kappa shape index (κ1) is 13.4. The third-order valence-electron chi connectivity index (χ3n) is 3.47. The highest BCUT2D eigenvalue weighted by Crippen LogP contribution is 2.25. The van der Waals surface area contributed by atoms with Gasteiger partial charge in [-0.05, 0) is 12.8 Å². The molecule has 1 aromatic rings. The zero-order valence-corrected chi connectivity index (χ0v) is 11.8. The van der Waals surface area contributed by atoms with Crippen LogP contribution in [0, 0.1) is 0 Å². The Kier molecular flexibility index (Phi) is 3.91. The number of halogens is 1. The molecule has 7 heteroatoms. The second kappa shape index (κ2) is 5.83. The summed E-state index contributed by atoms with van der Waals surface area (Å²) in [6.45, 7) is 1.26. The minimum absolute atomic E-state index is 0.0224. The van der Waals surface area contributed by atoms with Crippen molar-refractivity contribution >= 4 is 23.3 Å². The van der Waals surface area contributed by atoms with Gasteiger partial charge in [-0.2, -0.15) is 0 Å². The number of anilines is 1. The molecule has 2 aliphatic rings. The Hall–Kier alpha value is -1.56. The minimum atomic E-state index is -0.0449. The van der Waals surface area contributed by atoms with Crippen LogP contribution in [0.25, 0.3) is 0 Å². The van der Waals surface area contributed by atoms with E-state index < -0.39 is 0 Å². The number of amides is 1. The van der Waals surface area contributed by atoms with Crippen LogP contribution in [0.3, 0.4) is 0 Å². The monoisotopic (exact) mass is 296 g/mol. The van der Waals surface area contributed by atoms with Crippen molar-refractivity contribution in [2.45, 2.75) is 31.4 Å². The molecule has 0 radical (unpaired) electrons. The lowest BCUT2D eigenvalue weighted by Gasteiger charge is -2.15. The van der Waals surface area contributed by atoms with Crippen molar-refractivity contribution in [3.05, 3.63) is 12.4 Å². The molecule has 1 aliphatic heterocycles. The molecule has 0 spiro atoms. The van der Waals surface area contributed by atoms with E-state index in [4.69, 9.17) is 16.3 Å². The first-order valence-corrected chi connectivity index (χ1v) is 7.37. The van der Waals surface area contributed by atoms with Gasteiger partial charge in [-0.25, -0.2) is 9.97 Å². The van der Waals surface area contributed by atoms with Crippen molar-refractivity contribution in [2.24, 2.45) is 0 Å². The number of hydrogen-bond acceptors (Lipinski definition) is 5. The number of alkyl halides is 1. The van der Waals surface area contributed by atoms with Crippen molar-refractivity contribution in [3.8, 4) is 5.88 Å². The minimum Gasteiger partial charge on any atom is -0.472 e. The Morgan fingerprint density at radius 2 is 2.30 bits per heavy atom. The standard InChI is InChI=1S/C13H17ClN4O2/c14-6-13(19)18-4-3-10(7-18)20-12-5-11(15-8-16-12)17-9-1-2-9/h5,8-10H,1-4,6-7H2,(H,15,16,17)/t10-/m1/s1. The number of nitrogens with one attached hydrogen (secondary N) is 1. The van der Waals surface area contributed by atoms with Gasteiger partial charge in [0.05, 0.1) is 6.54 Å². The molecule has 1 saturated heterocycles. The average Bonchev–Trinajstić information content (AvgIpc) is 3.14. The van der Waals surface area contributed by atoms with Gasteiger partial charge in [0.2, 0.25) is 11.8 Å². The molecule has 20 heavy (non-hydrogen) atoms. The fourth-order valence-electron chi connectivity index (χ4n) is 2.23. The van der Waals surface area contributed by atoms with Gasteiger partial charge in [-0.1, -0.05) is 0 Å². The molecule has 2 fully saturated rings. The van der Waals surface area contributed by atoms with Gasteiger partial charge in [0, 0.05) is 25.1 Å². The van der Waals surface area contributed by atoms with E-state index in [9.17, 15) is 4.79 Å². The molecule has 6 nitrogen and oxygen atoms in total. The largest absolute Gasteiger partial charge is 0.472 e. The average molecular weight is 297 g/mol.